The third-order valence-corrected chi connectivity index (χ3v) is 2.75. The molecule has 0 radical (unpaired) electrons. The normalized spacial score (nSPS) is 22.6. The van der Waals surface area contributed by atoms with Gasteiger partial charge in [0.15, 0.2) is 6.61 Å². The average Bonchev–Trinajstić information content (AvgIpc) is 2.98. The van der Waals surface area contributed by atoms with Crippen molar-refractivity contribution in [2.45, 2.75) is 31.0 Å². The molecule has 1 fully saturated rings. The summed E-state index contributed by atoms with van der Waals surface area (Å²) in [4.78, 5) is 3.80. The molecule has 0 spiro atoms. The number of hydrogen-bond donors (Lipinski definition) is 1. The molecule has 0 amide bonds. The van der Waals surface area contributed by atoms with E-state index in [2.05, 4.69) is 9.73 Å². The van der Waals surface area contributed by atoms with Crippen molar-refractivity contribution >= 4 is 5.90 Å². The zero-order chi connectivity index (χ0) is 12.5. The molecule has 0 bridgehead atoms. The van der Waals surface area contributed by atoms with Crippen molar-refractivity contribution in [2.75, 3.05) is 6.61 Å². The Morgan fingerprint density at radius 3 is 2.71 bits per heavy atom. The highest BCUT2D eigenvalue weighted by Crippen LogP contribution is 2.41. The summed E-state index contributed by atoms with van der Waals surface area (Å²) in [6, 6.07) is 0. The van der Waals surface area contributed by atoms with Crippen LogP contribution in [0.25, 0.3) is 0 Å². The molecule has 0 atom stereocenters. The summed E-state index contributed by atoms with van der Waals surface area (Å²) in [5.41, 5.74) is 6.52. The number of alkyl halides is 3. The third kappa shape index (κ3) is 3.33. The van der Waals surface area contributed by atoms with Gasteiger partial charge in [-0.25, -0.2) is 4.99 Å². The number of rotatable bonds is 2. The van der Waals surface area contributed by atoms with E-state index in [4.69, 9.17) is 5.73 Å². The van der Waals surface area contributed by atoms with Crippen LogP contribution in [-0.4, -0.2) is 24.2 Å². The fourth-order valence-corrected chi connectivity index (χ4v) is 1.59. The van der Waals surface area contributed by atoms with Crippen LogP contribution in [0.2, 0.25) is 0 Å². The van der Waals surface area contributed by atoms with E-state index in [0.717, 1.165) is 18.4 Å². The lowest BCUT2D eigenvalue weighted by molar-refractivity contribution is -0.155. The first-order valence-electron chi connectivity index (χ1n) is 5.31. The number of aliphatic imine (C=N–C) groups is 1. The number of nitrogens with two attached hydrogens (primary N) is 1. The minimum absolute atomic E-state index is 0.0252. The smallest absolute Gasteiger partial charge is 0.422 e. The molecule has 0 aromatic carbocycles. The highest BCUT2D eigenvalue weighted by atomic mass is 19.4. The summed E-state index contributed by atoms with van der Waals surface area (Å²) in [6.07, 6.45) is 2.71. The van der Waals surface area contributed by atoms with Crippen LogP contribution in [0.15, 0.2) is 28.9 Å². The zero-order valence-electron chi connectivity index (χ0n) is 9.13. The van der Waals surface area contributed by atoms with Crippen LogP contribution in [0, 0.1) is 0 Å². The standard InChI is InChI=1S/C11H13F3N2O/c12-11(13,14)7-17-9-6-8(2-1-5-16-9)10(15)3-4-10/h1,5-6H,2-4,7,15H2. The van der Waals surface area contributed by atoms with Crippen LogP contribution in [0.4, 0.5) is 13.2 Å². The fourth-order valence-electron chi connectivity index (χ4n) is 1.59. The van der Waals surface area contributed by atoms with E-state index in [0.29, 0.717) is 6.42 Å². The predicted octanol–water partition coefficient (Wildman–Crippen LogP) is 2.30. The average molecular weight is 246 g/mol. The van der Waals surface area contributed by atoms with Gasteiger partial charge in [-0.1, -0.05) is 6.08 Å². The summed E-state index contributed by atoms with van der Waals surface area (Å²) >= 11 is 0. The molecule has 1 saturated carbocycles. The molecule has 1 aliphatic heterocycles. The molecule has 6 heteroatoms. The van der Waals surface area contributed by atoms with Gasteiger partial charge in [-0.3, -0.25) is 0 Å². The second-order valence-electron chi connectivity index (χ2n) is 4.29. The van der Waals surface area contributed by atoms with E-state index < -0.39 is 12.8 Å². The van der Waals surface area contributed by atoms with Crippen molar-refractivity contribution in [1.29, 1.82) is 0 Å². The summed E-state index contributed by atoms with van der Waals surface area (Å²) in [6.45, 7) is -1.33. The topological polar surface area (TPSA) is 47.6 Å². The Bertz CT molecular complexity index is 392. The molecule has 94 valence electrons. The maximum absolute atomic E-state index is 12.0. The molecule has 0 aromatic rings. The van der Waals surface area contributed by atoms with E-state index >= 15 is 0 Å². The van der Waals surface area contributed by atoms with Gasteiger partial charge in [0, 0.05) is 17.8 Å². The maximum Gasteiger partial charge on any atom is 0.422 e. The van der Waals surface area contributed by atoms with E-state index in [1.165, 1.54) is 12.3 Å². The molecule has 17 heavy (non-hydrogen) atoms. The zero-order valence-corrected chi connectivity index (χ0v) is 9.13. The van der Waals surface area contributed by atoms with Crippen molar-refractivity contribution in [3.8, 4) is 0 Å². The van der Waals surface area contributed by atoms with Crippen molar-refractivity contribution < 1.29 is 17.9 Å². The molecule has 1 heterocycles. The number of allylic oxidation sites excluding steroid dienone is 1. The molecular weight excluding hydrogens is 233 g/mol. The lowest BCUT2D eigenvalue weighted by atomic mass is 10.0. The molecule has 2 rings (SSSR count). The lowest BCUT2D eigenvalue weighted by Gasteiger charge is -2.13. The largest absolute Gasteiger partial charge is 0.468 e. The van der Waals surface area contributed by atoms with Gasteiger partial charge in [-0.15, -0.1) is 0 Å². The Balaban J connectivity index is 2.05. The van der Waals surface area contributed by atoms with Crippen LogP contribution in [-0.2, 0) is 4.74 Å². The number of nitrogens with zero attached hydrogens (tertiary/aromatic N) is 1. The third-order valence-electron chi connectivity index (χ3n) is 2.75. The van der Waals surface area contributed by atoms with Gasteiger partial charge in [0.25, 0.3) is 0 Å². The first kappa shape index (κ1) is 12.2. The second-order valence-corrected chi connectivity index (χ2v) is 4.29. The van der Waals surface area contributed by atoms with Gasteiger partial charge in [0.2, 0.25) is 5.90 Å². The summed E-state index contributed by atoms with van der Waals surface area (Å²) in [7, 11) is 0. The van der Waals surface area contributed by atoms with E-state index in [-0.39, 0.29) is 11.4 Å². The first-order valence-corrected chi connectivity index (χ1v) is 5.31. The minimum atomic E-state index is -4.35. The summed E-state index contributed by atoms with van der Waals surface area (Å²) < 4.78 is 40.7. The SMILES string of the molecule is NC1(C2=CC(OCC(F)(F)F)=NC=CC2)CC1. The van der Waals surface area contributed by atoms with Gasteiger partial charge in [-0.2, -0.15) is 13.2 Å². The van der Waals surface area contributed by atoms with Crippen molar-refractivity contribution in [1.82, 2.24) is 0 Å². The van der Waals surface area contributed by atoms with E-state index in [1.54, 1.807) is 6.08 Å². The maximum atomic E-state index is 12.0. The van der Waals surface area contributed by atoms with Crippen molar-refractivity contribution in [3.05, 3.63) is 23.9 Å². The Kier molecular flexibility index (Phi) is 2.99. The van der Waals surface area contributed by atoms with Gasteiger partial charge >= 0.3 is 6.18 Å². The summed E-state index contributed by atoms with van der Waals surface area (Å²) in [5.74, 6) is -0.0252. The Morgan fingerprint density at radius 2 is 2.12 bits per heavy atom. The van der Waals surface area contributed by atoms with Gasteiger partial charge in [0.1, 0.15) is 0 Å². The van der Waals surface area contributed by atoms with E-state index in [9.17, 15) is 13.2 Å². The molecule has 0 unspecified atom stereocenters. The molecular formula is C11H13F3N2O. The van der Waals surface area contributed by atoms with Crippen molar-refractivity contribution in [3.63, 3.8) is 0 Å². The molecule has 0 aromatic heterocycles. The van der Waals surface area contributed by atoms with Crippen LogP contribution >= 0.6 is 0 Å². The lowest BCUT2D eigenvalue weighted by Crippen LogP contribution is -2.25. The van der Waals surface area contributed by atoms with Gasteiger partial charge in [0.05, 0.1) is 0 Å². The summed E-state index contributed by atoms with van der Waals surface area (Å²) in [5, 5.41) is 0. The molecule has 2 N–H and O–H groups in total. The molecule has 1 aliphatic carbocycles. The molecule has 3 nitrogen and oxygen atoms in total. The number of ether oxygens (including phenoxy) is 1. The predicted molar refractivity (Wildman–Crippen MR) is 57.4 cm³/mol. The van der Waals surface area contributed by atoms with Crippen LogP contribution < -0.4 is 5.73 Å². The van der Waals surface area contributed by atoms with Gasteiger partial charge in [-0.05, 0) is 24.8 Å². The monoisotopic (exact) mass is 246 g/mol. The fraction of sp³-hybridized carbons (Fsp3) is 0.545. The Labute approximate surface area is 96.8 Å². The quantitative estimate of drug-likeness (QED) is 0.812. The first-order chi connectivity index (χ1) is 7.89. The highest BCUT2D eigenvalue weighted by Gasteiger charge is 2.41. The van der Waals surface area contributed by atoms with E-state index in [1.807, 2.05) is 0 Å². The second kappa shape index (κ2) is 4.18. The van der Waals surface area contributed by atoms with Crippen molar-refractivity contribution in [2.24, 2.45) is 10.7 Å². The number of halogens is 3. The van der Waals surface area contributed by atoms with Crippen LogP contribution in [0.5, 0.6) is 0 Å². The highest BCUT2D eigenvalue weighted by molar-refractivity contribution is 5.89. The van der Waals surface area contributed by atoms with Gasteiger partial charge < -0.3 is 10.5 Å². The Hall–Kier alpha value is -1.30. The van der Waals surface area contributed by atoms with Crippen LogP contribution in [0.3, 0.4) is 0 Å². The Morgan fingerprint density at radius 1 is 1.41 bits per heavy atom. The number of hydrogen-bond acceptors (Lipinski definition) is 3. The minimum Gasteiger partial charge on any atom is -0.468 e. The molecule has 2 aliphatic rings. The molecule has 0 saturated heterocycles. The van der Waals surface area contributed by atoms with Crippen LogP contribution in [0.1, 0.15) is 19.3 Å².